The molecule has 0 amide bonds. The first-order valence-electron chi connectivity index (χ1n) is 4.69. The Hall–Kier alpha value is -0.410. The lowest BCUT2D eigenvalue weighted by atomic mass is 10.0. The van der Waals surface area contributed by atoms with Crippen molar-refractivity contribution < 1.29 is 4.39 Å². The van der Waals surface area contributed by atoms with Crippen molar-refractivity contribution in [3.63, 3.8) is 0 Å². The summed E-state index contributed by atoms with van der Waals surface area (Å²) in [5.41, 5.74) is 7.10. The number of halogens is 2. The van der Waals surface area contributed by atoms with Gasteiger partial charge < -0.3 is 5.73 Å². The Labute approximate surface area is 92.6 Å². The maximum Gasteiger partial charge on any atom is 0.137 e. The molecule has 0 bridgehead atoms. The van der Waals surface area contributed by atoms with Crippen LogP contribution in [0.2, 0.25) is 0 Å². The van der Waals surface area contributed by atoms with Crippen molar-refractivity contribution in [3.05, 3.63) is 33.8 Å². The van der Waals surface area contributed by atoms with Gasteiger partial charge in [-0.1, -0.05) is 41.9 Å². The number of hydrogen-bond donors (Lipinski definition) is 1. The van der Waals surface area contributed by atoms with E-state index in [-0.39, 0.29) is 6.54 Å². The highest BCUT2D eigenvalue weighted by Crippen LogP contribution is 2.28. The van der Waals surface area contributed by atoms with Crippen LogP contribution in [0, 0.1) is 0 Å². The van der Waals surface area contributed by atoms with E-state index >= 15 is 0 Å². The normalized spacial score (nSPS) is 13.3. The Morgan fingerprint density at radius 2 is 2.07 bits per heavy atom. The van der Waals surface area contributed by atoms with Gasteiger partial charge in [-0.05, 0) is 23.1 Å². The lowest BCUT2D eigenvalue weighted by Crippen LogP contribution is -2.07. The Bertz CT molecular complexity index is 312. The largest absolute Gasteiger partial charge is 0.327 e. The second-order valence-electron chi connectivity index (χ2n) is 3.64. The lowest BCUT2D eigenvalue weighted by molar-refractivity contribution is 0.352. The smallest absolute Gasteiger partial charge is 0.137 e. The van der Waals surface area contributed by atoms with Crippen molar-refractivity contribution in [2.24, 2.45) is 5.73 Å². The van der Waals surface area contributed by atoms with E-state index in [1.165, 1.54) is 5.56 Å². The van der Waals surface area contributed by atoms with E-state index < -0.39 is 6.17 Å². The van der Waals surface area contributed by atoms with Crippen LogP contribution in [-0.2, 0) is 0 Å². The van der Waals surface area contributed by atoms with Crippen LogP contribution in [0.5, 0.6) is 0 Å². The van der Waals surface area contributed by atoms with Crippen LogP contribution in [0.15, 0.2) is 22.7 Å². The summed E-state index contributed by atoms with van der Waals surface area (Å²) < 4.78 is 14.2. The van der Waals surface area contributed by atoms with Crippen LogP contribution in [-0.4, -0.2) is 6.54 Å². The van der Waals surface area contributed by atoms with E-state index in [0.717, 1.165) is 4.47 Å². The maximum atomic E-state index is 13.2. The molecule has 0 radical (unpaired) electrons. The summed E-state index contributed by atoms with van der Waals surface area (Å²) in [6.07, 6.45) is -1.06. The molecule has 3 heteroatoms. The van der Waals surface area contributed by atoms with Gasteiger partial charge in [-0.25, -0.2) is 4.39 Å². The summed E-state index contributed by atoms with van der Waals surface area (Å²) in [5, 5.41) is 0. The number of nitrogens with two attached hydrogens (primary N) is 1. The fraction of sp³-hybridized carbons (Fsp3) is 0.455. The molecule has 0 fully saturated rings. The lowest BCUT2D eigenvalue weighted by Gasteiger charge is -2.11. The third kappa shape index (κ3) is 2.55. The zero-order chi connectivity index (χ0) is 10.7. The Kier molecular flexibility index (Phi) is 4.08. The summed E-state index contributed by atoms with van der Waals surface area (Å²) >= 11 is 3.44. The quantitative estimate of drug-likeness (QED) is 0.883. The number of hydrogen-bond acceptors (Lipinski definition) is 1. The molecule has 1 nitrogen and oxygen atoms in total. The van der Waals surface area contributed by atoms with Crippen LogP contribution in [0.1, 0.15) is 37.1 Å². The van der Waals surface area contributed by atoms with Crippen molar-refractivity contribution in [1.29, 1.82) is 0 Å². The number of benzene rings is 1. The van der Waals surface area contributed by atoms with Crippen LogP contribution >= 0.6 is 15.9 Å². The summed E-state index contributed by atoms with van der Waals surface area (Å²) in [7, 11) is 0. The third-order valence-electron chi connectivity index (χ3n) is 2.22. The summed E-state index contributed by atoms with van der Waals surface area (Å²) in [5.74, 6) is 0.439. The van der Waals surface area contributed by atoms with E-state index in [0.29, 0.717) is 11.5 Å². The van der Waals surface area contributed by atoms with Gasteiger partial charge in [0.05, 0.1) is 0 Å². The molecule has 1 unspecified atom stereocenters. The molecule has 1 rings (SSSR count). The topological polar surface area (TPSA) is 26.0 Å². The Balaban J connectivity index is 3.00. The van der Waals surface area contributed by atoms with Gasteiger partial charge in [0.15, 0.2) is 0 Å². The first-order chi connectivity index (χ1) is 6.56. The van der Waals surface area contributed by atoms with E-state index in [1.54, 1.807) is 6.07 Å². The summed E-state index contributed by atoms with van der Waals surface area (Å²) in [6, 6.07) is 5.57. The van der Waals surface area contributed by atoms with Gasteiger partial charge >= 0.3 is 0 Å². The molecule has 0 aromatic heterocycles. The Morgan fingerprint density at radius 1 is 1.43 bits per heavy atom. The molecule has 0 saturated heterocycles. The monoisotopic (exact) mass is 259 g/mol. The molecular formula is C11H15BrFN. The van der Waals surface area contributed by atoms with E-state index in [2.05, 4.69) is 29.8 Å². The fourth-order valence-corrected chi connectivity index (χ4v) is 2.20. The fourth-order valence-electron chi connectivity index (χ4n) is 1.34. The highest BCUT2D eigenvalue weighted by molar-refractivity contribution is 9.10. The molecule has 0 saturated carbocycles. The third-order valence-corrected chi connectivity index (χ3v) is 2.90. The average molecular weight is 260 g/mol. The summed E-state index contributed by atoms with van der Waals surface area (Å²) in [6.45, 7) is 4.25. The van der Waals surface area contributed by atoms with E-state index in [1.807, 2.05) is 12.1 Å². The van der Waals surface area contributed by atoms with Crippen LogP contribution in [0.3, 0.4) is 0 Å². The van der Waals surface area contributed by atoms with Crippen molar-refractivity contribution in [2.75, 3.05) is 6.54 Å². The molecule has 14 heavy (non-hydrogen) atoms. The first kappa shape index (κ1) is 11.7. The SMILES string of the molecule is CC(C)c1ccc(C(F)CN)cc1Br. The Morgan fingerprint density at radius 3 is 2.50 bits per heavy atom. The van der Waals surface area contributed by atoms with Gasteiger partial charge in [-0.15, -0.1) is 0 Å². The van der Waals surface area contributed by atoms with Crippen LogP contribution < -0.4 is 5.73 Å². The highest BCUT2D eigenvalue weighted by Gasteiger charge is 2.10. The minimum Gasteiger partial charge on any atom is -0.327 e. The standard InChI is InChI=1S/C11H15BrFN/c1-7(2)9-4-3-8(5-10(9)12)11(13)6-14/h3-5,7,11H,6,14H2,1-2H3. The van der Waals surface area contributed by atoms with E-state index in [4.69, 9.17) is 5.73 Å². The molecule has 1 aromatic carbocycles. The number of rotatable bonds is 3. The minimum absolute atomic E-state index is 0.0352. The van der Waals surface area contributed by atoms with Crippen molar-refractivity contribution >= 4 is 15.9 Å². The van der Waals surface area contributed by atoms with Gasteiger partial charge in [0.25, 0.3) is 0 Å². The van der Waals surface area contributed by atoms with Crippen molar-refractivity contribution in [2.45, 2.75) is 25.9 Å². The van der Waals surface area contributed by atoms with Crippen LogP contribution in [0.4, 0.5) is 4.39 Å². The second-order valence-corrected chi connectivity index (χ2v) is 4.49. The molecule has 1 aromatic rings. The maximum absolute atomic E-state index is 13.2. The summed E-state index contributed by atoms with van der Waals surface area (Å²) in [4.78, 5) is 0. The molecule has 0 aliphatic heterocycles. The van der Waals surface area contributed by atoms with E-state index in [9.17, 15) is 4.39 Å². The molecular weight excluding hydrogens is 245 g/mol. The zero-order valence-corrected chi connectivity index (χ0v) is 10.0. The molecule has 0 heterocycles. The number of alkyl halides is 1. The molecule has 0 spiro atoms. The van der Waals surface area contributed by atoms with Gasteiger partial charge in [-0.2, -0.15) is 0 Å². The van der Waals surface area contributed by atoms with Gasteiger partial charge in [-0.3, -0.25) is 0 Å². The van der Waals surface area contributed by atoms with Gasteiger partial charge in [0.2, 0.25) is 0 Å². The predicted molar refractivity (Wildman–Crippen MR) is 61.1 cm³/mol. The predicted octanol–water partition coefficient (Wildman–Crippen LogP) is 3.54. The molecule has 0 aliphatic carbocycles. The van der Waals surface area contributed by atoms with Gasteiger partial charge in [0.1, 0.15) is 6.17 Å². The van der Waals surface area contributed by atoms with Crippen molar-refractivity contribution in [3.8, 4) is 0 Å². The second kappa shape index (κ2) is 4.89. The molecule has 2 N–H and O–H groups in total. The first-order valence-corrected chi connectivity index (χ1v) is 5.49. The van der Waals surface area contributed by atoms with Gasteiger partial charge in [0, 0.05) is 11.0 Å². The van der Waals surface area contributed by atoms with Crippen molar-refractivity contribution in [1.82, 2.24) is 0 Å². The molecule has 1 atom stereocenters. The zero-order valence-electron chi connectivity index (χ0n) is 8.43. The molecule has 78 valence electrons. The molecule has 0 aliphatic rings. The average Bonchev–Trinajstić information content (AvgIpc) is 2.15. The van der Waals surface area contributed by atoms with Crippen LogP contribution in [0.25, 0.3) is 0 Å². The minimum atomic E-state index is -1.06. The highest BCUT2D eigenvalue weighted by atomic mass is 79.9.